The van der Waals surface area contributed by atoms with E-state index in [1.165, 1.54) is 0 Å². The van der Waals surface area contributed by atoms with E-state index in [2.05, 4.69) is 5.32 Å². The largest absolute Gasteiger partial charge is 0.389 e. The van der Waals surface area contributed by atoms with Crippen LogP contribution in [-0.2, 0) is 0 Å². The molecule has 0 aromatic carbocycles. The summed E-state index contributed by atoms with van der Waals surface area (Å²) < 4.78 is 35.4. The van der Waals surface area contributed by atoms with Crippen LogP contribution < -0.4 is 5.32 Å². The van der Waals surface area contributed by atoms with Crippen LogP contribution in [0.25, 0.3) is 0 Å². The van der Waals surface area contributed by atoms with Gasteiger partial charge in [-0.25, -0.2) is 0 Å². The highest BCUT2D eigenvalue weighted by molar-refractivity contribution is 4.78. The summed E-state index contributed by atoms with van der Waals surface area (Å²) in [4.78, 5) is 0. The second kappa shape index (κ2) is 6.45. The average Bonchev–Trinajstić information content (AvgIpc) is 2.09. The van der Waals surface area contributed by atoms with E-state index in [1.807, 2.05) is 13.8 Å². The van der Waals surface area contributed by atoms with Crippen molar-refractivity contribution in [2.45, 2.75) is 51.8 Å². The monoisotopic (exact) mass is 241 g/mol. The molecule has 0 saturated carbocycles. The first-order chi connectivity index (χ1) is 7.15. The molecule has 0 bridgehead atoms. The Morgan fingerprint density at radius 3 is 2.19 bits per heavy atom. The van der Waals surface area contributed by atoms with E-state index >= 15 is 0 Å². The molecule has 2 N–H and O–H groups in total. The lowest BCUT2D eigenvalue weighted by Crippen LogP contribution is -2.42. The number of aliphatic hydroxyl groups is 1. The summed E-state index contributed by atoms with van der Waals surface area (Å²) in [5.41, 5.74) is -0.802. The second-order valence-electron chi connectivity index (χ2n) is 4.76. The lowest BCUT2D eigenvalue weighted by Gasteiger charge is -2.28. The molecule has 1 unspecified atom stereocenters. The highest BCUT2D eigenvalue weighted by atomic mass is 19.4. The summed E-state index contributed by atoms with van der Waals surface area (Å²) in [5, 5.41) is 12.8. The van der Waals surface area contributed by atoms with E-state index in [0.717, 1.165) is 0 Å². The van der Waals surface area contributed by atoms with Crippen molar-refractivity contribution in [2.24, 2.45) is 5.92 Å². The minimum Gasteiger partial charge on any atom is -0.389 e. The number of rotatable bonds is 7. The van der Waals surface area contributed by atoms with Crippen molar-refractivity contribution in [1.29, 1.82) is 0 Å². The van der Waals surface area contributed by atoms with Crippen molar-refractivity contribution >= 4 is 0 Å². The summed E-state index contributed by atoms with van der Waals surface area (Å²) in [5.74, 6) is 0.121. The normalized spacial score (nSPS) is 16.5. The number of nitrogens with one attached hydrogen (secondary N) is 1. The Kier molecular flexibility index (Phi) is 6.33. The Morgan fingerprint density at radius 2 is 1.75 bits per heavy atom. The van der Waals surface area contributed by atoms with Crippen LogP contribution in [0.2, 0.25) is 0 Å². The maximum Gasteiger partial charge on any atom is 0.389 e. The van der Waals surface area contributed by atoms with Crippen LogP contribution in [0.3, 0.4) is 0 Å². The number of alkyl halides is 3. The van der Waals surface area contributed by atoms with Crippen molar-refractivity contribution in [3.05, 3.63) is 0 Å². The summed E-state index contributed by atoms with van der Waals surface area (Å²) in [7, 11) is 0. The number of hydrogen-bond donors (Lipinski definition) is 2. The molecule has 0 spiro atoms. The van der Waals surface area contributed by atoms with Crippen LogP contribution in [0.1, 0.15) is 40.0 Å². The molecular weight excluding hydrogens is 219 g/mol. The third kappa shape index (κ3) is 7.93. The van der Waals surface area contributed by atoms with Gasteiger partial charge >= 0.3 is 6.18 Å². The van der Waals surface area contributed by atoms with Gasteiger partial charge in [0.2, 0.25) is 0 Å². The van der Waals surface area contributed by atoms with E-state index in [9.17, 15) is 18.3 Å². The van der Waals surface area contributed by atoms with Gasteiger partial charge in [-0.05, 0) is 32.2 Å². The summed E-state index contributed by atoms with van der Waals surface area (Å²) in [6.45, 7) is 6.46. The summed E-state index contributed by atoms with van der Waals surface area (Å²) in [6, 6.07) is 0. The Bertz CT molecular complexity index is 190. The Balaban J connectivity index is 3.48. The Labute approximate surface area is 95.2 Å². The maximum absolute atomic E-state index is 11.8. The lowest BCUT2D eigenvalue weighted by atomic mass is 9.92. The quantitative estimate of drug-likeness (QED) is 0.672. The van der Waals surface area contributed by atoms with Crippen molar-refractivity contribution in [1.82, 2.24) is 5.32 Å². The fourth-order valence-electron chi connectivity index (χ4n) is 1.12. The molecule has 16 heavy (non-hydrogen) atoms. The third-order valence-corrected chi connectivity index (χ3v) is 2.79. The van der Waals surface area contributed by atoms with Crippen molar-refractivity contribution in [3.8, 4) is 0 Å². The predicted molar refractivity (Wildman–Crippen MR) is 58.2 cm³/mol. The highest BCUT2D eigenvalue weighted by Gasteiger charge is 2.26. The summed E-state index contributed by atoms with van der Waals surface area (Å²) in [6.07, 6.45) is -4.16. The molecule has 98 valence electrons. The molecule has 0 aromatic rings. The van der Waals surface area contributed by atoms with E-state index < -0.39 is 18.2 Å². The van der Waals surface area contributed by atoms with Crippen LogP contribution in [-0.4, -0.2) is 30.0 Å². The molecule has 0 aliphatic heterocycles. The molecule has 5 heteroatoms. The van der Waals surface area contributed by atoms with E-state index in [0.29, 0.717) is 19.5 Å². The molecule has 0 saturated heterocycles. The van der Waals surface area contributed by atoms with Crippen molar-refractivity contribution in [3.63, 3.8) is 0 Å². The predicted octanol–water partition coefficient (Wildman–Crippen LogP) is 2.72. The molecule has 0 rings (SSSR count). The molecule has 0 amide bonds. The maximum atomic E-state index is 11.8. The molecule has 2 nitrogen and oxygen atoms in total. The molecule has 0 aromatic heterocycles. The average molecular weight is 241 g/mol. The topological polar surface area (TPSA) is 32.3 Å². The summed E-state index contributed by atoms with van der Waals surface area (Å²) >= 11 is 0. The standard InChI is InChI=1S/C11H22F3NO/c1-9(2)10(3,16)8-15-7-5-4-6-11(12,13)14/h9,15-16H,4-8H2,1-3H3. The van der Waals surface area contributed by atoms with Gasteiger partial charge in [0.05, 0.1) is 5.60 Å². The first-order valence-corrected chi connectivity index (χ1v) is 5.65. The Hall–Kier alpha value is -0.290. The van der Waals surface area contributed by atoms with Gasteiger partial charge in [-0.2, -0.15) is 13.2 Å². The van der Waals surface area contributed by atoms with Crippen molar-refractivity contribution < 1.29 is 18.3 Å². The molecule has 0 aliphatic carbocycles. The number of halogens is 3. The van der Waals surface area contributed by atoms with Crippen LogP contribution in [0.5, 0.6) is 0 Å². The van der Waals surface area contributed by atoms with Gasteiger partial charge in [-0.1, -0.05) is 13.8 Å². The smallest absolute Gasteiger partial charge is 0.389 e. The van der Waals surface area contributed by atoms with Gasteiger partial charge in [0.1, 0.15) is 0 Å². The second-order valence-corrected chi connectivity index (χ2v) is 4.76. The zero-order valence-corrected chi connectivity index (χ0v) is 10.2. The zero-order valence-electron chi connectivity index (χ0n) is 10.2. The lowest BCUT2D eigenvalue weighted by molar-refractivity contribution is -0.135. The van der Waals surface area contributed by atoms with Crippen molar-refractivity contribution in [2.75, 3.05) is 13.1 Å². The Morgan fingerprint density at radius 1 is 1.19 bits per heavy atom. The van der Waals surface area contributed by atoms with E-state index in [4.69, 9.17) is 0 Å². The van der Waals surface area contributed by atoms with Crippen LogP contribution in [0.15, 0.2) is 0 Å². The third-order valence-electron chi connectivity index (χ3n) is 2.79. The first kappa shape index (κ1) is 15.7. The van der Waals surface area contributed by atoms with Crippen LogP contribution in [0, 0.1) is 5.92 Å². The van der Waals surface area contributed by atoms with Gasteiger partial charge in [0, 0.05) is 13.0 Å². The van der Waals surface area contributed by atoms with Gasteiger partial charge in [0.15, 0.2) is 0 Å². The van der Waals surface area contributed by atoms with Crippen LogP contribution >= 0.6 is 0 Å². The van der Waals surface area contributed by atoms with E-state index in [1.54, 1.807) is 6.92 Å². The minimum atomic E-state index is -4.05. The van der Waals surface area contributed by atoms with Gasteiger partial charge in [-0.3, -0.25) is 0 Å². The van der Waals surface area contributed by atoms with E-state index in [-0.39, 0.29) is 12.3 Å². The molecule has 0 radical (unpaired) electrons. The van der Waals surface area contributed by atoms with Gasteiger partial charge < -0.3 is 10.4 Å². The SMILES string of the molecule is CC(C)C(C)(O)CNCCCCC(F)(F)F. The highest BCUT2D eigenvalue weighted by Crippen LogP contribution is 2.21. The molecular formula is C11H22F3NO. The number of unbranched alkanes of at least 4 members (excludes halogenated alkanes) is 1. The fraction of sp³-hybridized carbons (Fsp3) is 1.00. The first-order valence-electron chi connectivity index (χ1n) is 5.65. The molecule has 0 heterocycles. The molecule has 0 aliphatic rings. The fourth-order valence-corrected chi connectivity index (χ4v) is 1.12. The molecule has 0 fully saturated rings. The van der Waals surface area contributed by atoms with Gasteiger partial charge in [-0.15, -0.1) is 0 Å². The number of hydrogen-bond acceptors (Lipinski definition) is 2. The minimum absolute atomic E-state index is 0.121. The molecule has 1 atom stereocenters. The van der Waals surface area contributed by atoms with Crippen LogP contribution in [0.4, 0.5) is 13.2 Å². The zero-order chi connectivity index (χ0) is 12.8. The van der Waals surface area contributed by atoms with Gasteiger partial charge in [0.25, 0.3) is 0 Å².